The molecule has 1 N–H and O–H groups in total. The molecule has 1 aliphatic carbocycles. The third kappa shape index (κ3) is 3.63. The van der Waals surface area contributed by atoms with Gasteiger partial charge in [-0.3, -0.25) is 0 Å². The Bertz CT molecular complexity index is 206. The average Bonchev–Trinajstić information content (AvgIpc) is 2.24. The SMILES string of the molecule is CCOCC(O)C1CCCCC1C(F)(F)F. The quantitative estimate of drug-likeness (QED) is 0.818. The molecule has 0 radical (unpaired) electrons. The monoisotopic (exact) mass is 240 g/mol. The molecule has 3 unspecified atom stereocenters. The Kier molecular flexibility index (Phi) is 5.05. The number of hydrogen-bond acceptors (Lipinski definition) is 2. The van der Waals surface area contributed by atoms with Crippen molar-refractivity contribution >= 4 is 0 Å². The summed E-state index contributed by atoms with van der Waals surface area (Å²) in [6.07, 6.45) is -3.25. The summed E-state index contributed by atoms with van der Waals surface area (Å²) in [5.74, 6) is -2.06. The van der Waals surface area contributed by atoms with Crippen LogP contribution in [0.5, 0.6) is 0 Å². The fraction of sp³-hybridized carbons (Fsp3) is 1.00. The van der Waals surface area contributed by atoms with Gasteiger partial charge < -0.3 is 9.84 Å². The first kappa shape index (κ1) is 13.8. The molecule has 2 nitrogen and oxygen atoms in total. The summed E-state index contributed by atoms with van der Waals surface area (Å²) in [5, 5.41) is 9.71. The highest BCUT2D eigenvalue weighted by Gasteiger charge is 2.47. The van der Waals surface area contributed by atoms with Crippen LogP contribution in [0, 0.1) is 11.8 Å². The Morgan fingerprint density at radius 1 is 1.31 bits per heavy atom. The van der Waals surface area contributed by atoms with Crippen molar-refractivity contribution < 1.29 is 23.0 Å². The van der Waals surface area contributed by atoms with Gasteiger partial charge in [-0.1, -0.05) is 12.8 Å². The van der Waals surface area contributed by atoms with Gasteiger partial charge in [-0.05, 0) is 25.7 Å². The third-order valence-electron chi connectivity index (χ3n) is 3.23. The molecule has 1 fully saturated rings. The van der Waals surface area contributed by atoms with Gasteiger partial charge in [-0.15, -0.1) is 0 Å². The zero-order valence-electron chi connectivity index (χ0n) is 9.46. The number of ether oxygens (including phenoxy) is 1. The summed E-state index contributed by atoms with van der Waals surface area (Å²) in [4.78, 5) is 0. The standard InChI is InChI=1S/C11H19F3O2/c1-2-16-7-10(15)8-5-3-4-6-9(8)11(12,13)14/h8-10,15H,2-7H2,1H3. The van der Waals surface area contributed by atoms with Crippen molar-refractivity contribution in [3.63, 3.8) is 0 Å². The van der Waals surface area contributed by atoms with Gasteiger partial charge in [0.2, 0.25) is 0 Å². The van der Waals surface area contributed by atoms with Gasteiger partial charge in [0.15, 0.2) is 0 Å². The van der Waals surface area contributed by atoms with Gasteiger partial charge in [-0.25, -0.2) is 0 Å². The molecule has 0 aromatic heterocycles. The maximum Gasteiger partial charge on any atom is 0.392 e. The van der Waals surface area contributed by atoms with Crippen LogP contribution in [0.15, 0.2) is 0 Å². The molecule has 0 bridgehead atoms. The van der Waals surface area contributed by atoms with Crippen LogP contribution in [0.3, 0.4) is 0 Å². The van der Waals surface area contributed by atoms with E-state index in [9.17, 15) is 18.3 Å². The zero-order chi connectivity index (χ0) is 12.2. The molecule has 96 valence electrons. The molecular weight excluding hydrogens is 221 g/mol. The Morgan fingerprint density at radius 2 is 1.94 bits per heavy atom. The van der Waals surface area contributed by atoms with Crippen LogP contribution in [0.4, 0.5) is 13.2 Å². The van der Waals surface area contributed by atoms with Crippen LogP contribution in [0.2, 0.25) is 0 Å². The molecule has 0 spiro atoms. The summed E-state index contributed by atoms with van der Waals surface area (Å²) in [6, 6.07) is 0. The highest BCUT2D eigenvalue weighted by Crippen LogP contribution is 2.42. The topological polar surface area (TPSA) is 29.5 Å². The second-order valence-electron chi connectivity index (χ2n) is 4.32. The van der Waals surface area contributed by atoms with Gasteiger partial charge in [0.25, 0.3) is 0 Å². The molecule has 5 heteroatoms. The van der Waals surface area contributed by atoms with Gasteiger partial charge >= 0.3 is 6.18 Å². The van der Waals surface area contributed by atoms with Crippen LogP contribution in [0.1, 0.15) is 32.6 Å². The maximum absolute atomic E-state index is 12.7. The highest BCUT2D eigenvalue weighted by molar-refractivity contribution is 4.84. The van der Waals surface area contributed by atoms with E-state index in [1.54, 1.807) is 6.92 Å². The number of hydrogen-bond donors (Lipinski definition) is 1. The van der Waals surface area contributed by atoms with E-state index in [2.05, 4.69) is 0 Å². The molecule has 16 heavy (non-hydrogen) atoms. The molecule has 1 saturated carbocycles. The number of alkyl halides is 3. The zero-order valence-corrected chi connectivity index (χ0v) is 9.46. The third-order valence-corrected chi connectivity index (χ3v) is 3.23. The van der Waals surface area contributed by atoms with Crippen LogP contribution < -0.4 is 0 Å². The van der Waals surface area contributed by atoms with Crippen LogP contribution in [-0.4, -0.2) is 30.6 Å². The molecule has 1 rings (SSSR count). The summed E-state index contributed by atoms with van der Waals surface area (Å²) in [7, 11) is 0. The lowest BCUT2D eigenvalue weighted by Crippen LogP contribution is -2.41. The van der Waals surface area contributed by atoms with Crippen molar-refractivity contribution in [2.75, 3.05) is 13.2 Å². The Hall–Kier alpha value is -0.290. The summed E-state index contributed by atoms with van der Waals surface area (Å²) >= 11 is 0. The normalized spacial score (nSPS) is 29.1. The van der Waals surface area contributed by atoms with Gasteiger partial charge in [0, 0.05) is 6.61 Å². The van der Waals surface area contributed by atoms with E-state index in [-0.39, 0.29) is 13.0 Å². The van der Waals surface area contributed by atoms with E-state index in [0.717, 1.165) is 6.42 Å². The summed E-state index contributed by atoms with van der Waals surface area (Å²) < 4.78 is 43.2. The highest BCUT2D eigenvalue weighted by atomic mass is 19.4. The van der Waals surface area contributed by atoms with Crippen molar-refractivity contribution in [1.82, 2.24) is 0 Å². The lowest BCUT2D eigenvalue weighted by molar-refractivity contribution is -0.209. The van der Waals surface area contributed by atoms with E-state index < -0.39 is 24.1 Å². The van der Waals surface area contributed by atoms with Gasteiger partial charge in [0.1, 0.15) is 0 Å². The number of aliphatic hydroxyl groups is 1. The van der Waals surface area contributed by atoms with Crippen LogP contribution in [0.25, 0.3) is 0 Å². The Balaban J connectivity index is 2.59. The summed E-state index contributed by atoms with van der Waals surface area (Å²) in [5.41, 5.74) is 0. The molecule has 0 aromatic rings. The van der Waals surface area contributed by atoms with E-state index in [1.807, 2.05) is 0 Å². The van der Waals surface area contributed by atoms with Crippen molar-refractivity contribution in [3.05, 3.63) is 0 Å². The van der Waals surface area contributed by atoms with Crippen molar-refractivity contribution in [3.8, 4) is 0 Å². The molecule has 0 aromatic carbocycles. The van der Waals surface area contributed by atoms with Crippen molar-refractivity contribution in [1.29, 1.82) is 0 Å². The van der Waals surface area contributed by atoms with E-state index in [0.29, 0.717) is 19.4 Å². The second-order valence-corrected chi connectivity index (χ2v) is 4.32. The Morgan fingerprint density at radius 3 is 2.50 bits per heavy atom. The molecule has 1 aliphatic rings. The molecule has 0 aliphatic heterocycles. The first-order chi connectivity index (χ1) is 7.46. The average molecular weight is 240 g/mol. The van der Waals surface area contributed by atoms with E-state index in [1.165, 1.54) is 0 Å². The van der Waals surface area contributed by atoms with Gasteiger partial charge in [-0.2, -0.15) is 13.2 Å². The number of halogens is 3. The smallest absolute Gasteiger partial charge is 0.390 e. The first-order valence-corrected chi connectivity index (χ1v) is 5.79. The minimum Gasteiger partial charge on any atom is -0.390 e. The Labute approximate surface area is 93.8 Å². The fourth-order valence-corrected chi connectivity index (χ4v) is 2.39. The minimum atomic E-state index is -4.20. The molecular formula is C11H19F3O2. The largest absolute Gasteiger partial charge is 0.392 e. The van der Waals surface area contributed by atoms with Gasteiger partial charge in [0.05, 0.1) is 18.6 Å². The van der Waals surface area contributed by atoms with Crippen LogP contribution >= 0.6 is 0 Å². The maximum atomic E-state index is 12.7. The molecule has 0 heterocycles. The lowest BCUT2D eigenvalue weighted by atomic mass is 9.76. The van der Waals surface area contributed by atoms with Crippen LogP contribution in [-0.2, 0) is 4.74 Å². The molecule has 0 saturated heterocycles. The first-order valence-electron chi connectivity index (χ1n) is 5.79. The number of rotatable bonds is 4. The predicted molar refractivity (Wildman–Crippen MR) is 54.0 cm³/mol. The molecule has 3 atom stereocenters. The number of aliphatic hydroxyl groups excluding tert-OH is 1. The summed E-state index contributed by atoms with van der Waals surface area (Å²) in [6.45, 7) is 2.18. The van der Waals surface area contributed by atoms with E-state index >= 15 is 0 Å². The van der Waals surface area contributed by atoms with E-state index in [4.69, 9.17) is 4.74 Å². The predicted octanol–water partition coefficient (Wildman–Crippen LogP) is 2.75. The fourth-order valence-electron chi connectivity index (χ4n) is 2.39. The molecule has 0 amide bonds. The lowest BCUT2D eigenvalue weighted by Gasteiger charge is -2.35. The van der Waals surface area contributed by atoms with Crippen molar-refractivity contribution in [2.45, 2.75) is 44.9 Å². The second kappa shape index (κ2) is 5.87. The minimum absolute atomic E-state index is 0.00769. The van der Waals surface area contributed by atoms with Crippen molar-refractivity contribution in [2.24, 2.45) is 11.8 Å².